The number of carbonyl (C=O) groups excluding carboxylic acids is 1. The van der Waals surface area contributed by atoms with Gasteiger partial charge in [-0.25, -0.2) is 0 Å². The van der Waals surface area contributed by atoms with Crippen molar-refractivity contribution in [2.45, 2.75) is 30.4 Å². The second kappa shape index (κ2) is 7.33. The summed E-state index contributed by atoms with van der Waals surface area (Å²) in [6, 6.07) is 4.03. The van der Waals surface area contributed by atoms with Crippen LogP contribution in [-0.4, -0.2) is 23.2 Å². The third-order valence-electron chi connectivity index (χ3n) is 2.45. The zero-order valence-electron chi connectivity index (χ0n) is 11.0. The van der Waals surface area contributed by atoms with Gasteiger partial charge in [0, 0.05) is 4.90 Å². The van der Waals surface area contributed by atoms with E-state index in [9.17, 15) is 23.1 Å². The maximum Gasteiger partial charge on any atom is 0.446 e. The first-order chi connectivity index (χ1) is 9.80. The number of nitriles is 1. The van der Waals surface area contributed by atoms with Crippen molar-refractivity contribution in [1.82, 2.24) is 0 Å². The zero-order valence-corrected chi connectivity index (χ0v) is 11.8. The van der Waals surface area contributed by atoms with E-state index in [1.165, 1.54) is 6.07 Å². The molecule has 0 aliphatic heterocycles. The molecule has 0 fully saturated rings. The Bertz CT molecular complexity index is 567. The lowest BCUT2D eigenvalue weighted by Crippen LogP contribution is -2.12. The van der Waals surface area contributed by atoms with Crippen LogP contribution in [0, 0.1) is 11.3 Å². The summed E-state index contributed by atoms with van der Waals surface area (Å²) in [5, 5.41) is 18.1. The molecular weight excluding hydrogens is 307 g/mol. The largest absolute Gasteiger partial charge is 0.466 e. The van der Waals surface area contributed by atoms with Gasteiger partial charge in [0.1, 0.15) is 0 Å². The molecule has 1 aromatic rings. The van der Waals surface area contributed by atoms with E-state index in [1.54, 1.807) is 13.0 Å². The number of aliphatic hydroxyl groups is 1. The number of hydrogen-bond donors (Lipinski definition) is 1. The summed E-state index contributed by atoms with van der Waals surface area (Å²) in [4.78, 5) is 11.2. The van der Waals surface area contributed by atoms with E-state index in [0.717, 1.165) is 6.07 Å². The topological polar surface area (TPSA) is 70.3 Å². The second-order valence-electron chi connectivity index (χ2n) is 3.91. The van der Waals surface area contributed by atoms with Crippen molar-refractivity contribution in [2.75, 3.05) is 6.61 Å². The number of thioether (sulfide) groups is 1. The van der Waals surface area contributed by atoms with Crippen molar-refractivity contribution in [3.63, 3.8) is 0 Å². The number of carbonyl (C=O) groups is 1. The number of aliphatic hydroxyl groups excluding tert-OH is 1. The van der Waals surface area contributed by atoms with Crippen LogP contribution in [-0.2, 0) is 22.6 Å². The molecule has 0 saturated carbocycles. The molecule has 0 bridgehead atoms. The van der Waals surface area contributed by atoms with Crippen LogP contribution in [0.4, 0.5) is 13.2 Å². The maximum absolute atomic E-state index is 12.6. The van der Waals surface area contributed by atoms with E-state index in [0.29, 0.717) is 0 Å². The van der Waals surface area contributed by atoms with Crippen molar-refractivity contribution in [3.8, 4) is 6.07 Å². The Morgan fingerprint density at radius 2 is 2.14 bits per heavy atom. The highest BCUT2D eigenvalue weighted by molar-refractivity contribution is 8.00. The van der Waals surface area contributed by atoms with E-state index < -0.39 is 36.3 Å². The van der Waals surface area contributed by atoms with Crippen LogP contribution in [0.15, 0.2) is 17.0 Å². The number of ether oxygens (including phenoxy) is 1. The molecule has 0 radical (unpaired) electrons. The lowest BCUT2D eigenvalue weighted by atomic mass is 10.0. The highest BCUT2D eigenvalue weighted by Crippen LogP contribution is 2.40. The van der Waals surface area contributed by atoms with Crippen LogP contribution in [0.3, 0.4) is 0 Å². The molecule has 0 atom stereocenters. The molecule has 0 saturated heterocycles. The SMILES string of the molecule is CCOC(=O)Cc1c(CO)cc(C#N)cc1SC(F)(F)F. The molecule has 21 heavy (non-hydrogen) atoms. The van der Waals surface area contributed by atoms with Gasteiger partial charge in [0.05, 0.1) is 31.3 Å². The van der Waals surface area contributed by atoms with E-state index in [4.69, 9.17) is 10.00 Å². The fourth-order valence-corrected chi connectivity index (χ4v) is 2.44. The van der Waals surface area contributed by atoms with Gasteiger partial charge in [-0.2, -0.15) is 18.4 Å². The predicted octanol–water partition coefficient (Wildman–Crippen LogP) is 2.77. The average Bonchev–Trinajstić information content (AvgIpc) is 2.39. The molecule has 0 unspecified atom stereocenters. The number of esters is 1. The van der Waals surface area contributed by atoms with Gasteiger partial charge in [-0.05, 0) is 41.9 Å². The minimum Gasteiger partial charge on any atom is -0.466 e. The molecule has 0 amide bonds. The van der Waals surface area contributed by atoms with Crippen LogP contribution in [0.2, 0.25) is 0 Å². The normalized spacial score (nSPS) is 11.0. The lowest BCUT2D eigenvalue weighted by Gasteiger charge is -2.15. The molecule has 0 heterocycles. The van der Waals surface area contributed by atoms with Gasteiger partial charge in [0.2, 0.25) is 0 Å². The Morgan fingerprint density at radius 3 is 2.62 bits per heavy atom. The summed E-state index contributed by atoms with van der Waals surface area (Å²) in [6.07, 6.45) is -0.395. The van der Waals surface area contributed by atoms with Crippen molar-refractivity contribution in [2.24, 2.45) is 0 Å². The third kappa shape index (κ3) is 5.28. The summed E-state index contributed by atoms with van der Waals surface area (Å²) < 4.78 is 42.4. The summed E-state index contributed by atoms with van der Waals surface area (Å²) >= 11 is -0.423. The molecule has 114 valence electrons. The van der Waals surface area contributed by atoms with Gasteiger partial charge in [-0.3, -0.25) is 4.79 Å². The molecule has 0 aromatic heterocycles. The number of hydrogen-bond acceptors (Lipinski definition) is 5. The highest BCUT2D eigenvalue weighted by atomic mass is 32.2. The highest BCUT2D eigenvalue weighted by Gasteiger charge is 2.31. The smallest absolute Gasteiger partial charge is 0.446 e. The number of halogens is 3. The van der Waals surface area contributed by atoms with E-state index >= 15 is 0 Å². The lowest BCUT2D eigenvalue weighted by molar-refractivity contribution is -0.142. The minimum atomic E-state index is -4.57. The van der Waals surface area contributed by atoms with Gasteiger partial charge in [0.25, 0.3) is 0 Å². The fourth-order valence-electron chi connectivity index (χ4n) is 1.68. The van der Waals surface area contributed by atoms with E-state index in [-0.39, 0.29) is 28.2 Å². The summed E-state index contributed by atoms with van der Waals surface area (Å²) in [5.74, 6) is -0.694. The van der Waals surface area contributed by atoms with Crippen molar-refractivity contribution in [1.29, 1.82) is 5.26 Å². The number of nitrogens with zero attached hydrogens (tertiary/aromatic N) is 1. The van der Waals surface area contributed by atoms with Gasteiger partial charge in [0.15, 0.2) is 0 Å². The molecule has 1 rings (SSSR count). The standard InChI is InChI=1S/C13H12F3NO3S/c1-2-20-12(19)5-10-9(7-18)3-8(6-17)4-11(10)21-13(14,15)16/h3-4,18H,2,5,7H2,1H3. The number of rotatable bonds is 5. The first-order valence-electron chi connectivity index (χ1n) is 5.88. The van der Waals surface area contributed by atoms with Crippen molar-refractivity contribution in [3.05, 3.63) is 28.8 Å². The van der Waals surface area contributed by atoms with Crippen LogP contribution >= 0.6 is 11.8 Å². The molecule has 8 heteroatoms. The fraction of sp³-hybridized carbons (Fsp3) is 0.385. The Kier molecular flexibility index (Phi) is 6.05. The van der Waals surface area contributed by atoms with Crippen LogP contribution in [0.25, 0.3) is 0 Å². The van der Waals surface area contributed by atoms with Gasteiger partial charge in [-0.15, -0.1) is 0 Å². The summed E-state index contributed by atoms with van der Waals surface area (Å²) in [7, 11) is 0. The molecule has 0 aliphatic rings. The van der Waals surface area contributed by atoms with Crippen LogP contribution < -0.4 is 0 Å². The third-order valence-corrected chi connectivity index (χ3v) is 3.27. The van der Waals surface area contributed by atoms with Crippen LogP contribution in [0.5, 0.6) is 0 Å². The zero-order chi connectivity index (χ0) is 16.0. The second-order valence-corrected chi connectivity index (χ2v) is 5.02. The molecule has 4 nitrogen and oxygen atoms in total. The number of benzene rings is 1. The molecule has 1 aromatic carbocycles. The molecular formula is C13H12F3NO3S. The Morgan fingerprint density at radius 1 is 1.48 bits per heavy atom. The van der Waals surface area contributed by atoms with Crippen LogP contribution in [0.1, 0.15) is 23.6 Å². The molecule has 1 N–H and O–H groups in total. The van der Waals surface area contributed by atoms with E-state index in [2.05, 4.69) is 0 Å². The van der Waals surface area contributed by atoms with E-state index in [1.807, 2.05) is 0 Å². The van der Waals surface area contributed by atoms with Crippen molar-refractivity contribution < 1.29 is 27.8 Å². The minimum absolute atomic E-state index is 0.0154. The quantitative estimate of drug-likeness (QED) is 0.667. The van der Waals surface area contributed by atoms with Gasteiger partial charge < -0.3 is 9.84 Å². The monoisotopic (exact) mass is 319 g/mol. The van der Waals surface area contributed by atoms with Gasteiger partial charge >= 0.3 is 11.5 Å². The Hall–Kier alpha value is -1.72. The van der Waals surface area contributed by atoms with Crippen molar-refractivity contribution >= 4 is 17.7 Å². The maximum atomic E-state index is 12.6. The predicted molar refractivity (Wildman–Crippen MR) is 69.3 cm³/mol. The van der Waals surface area contributed by atoms with Gasteiger partial charge in [-0.1, -0.05) is 0 Å². The summed E-state index contributed by atoms with van der Waals surface area (Å²) in [5.41, 5.74) is -4.45. The summed E-state index contributed by atoms with van der Waals surface area (Å²) in [6.45, 7) is 1.11. The molecule has 0 aliphatic carbocycles. The average molecular weight is 319 g/mol. The first kappa shape index (κ1) is 17.3. The Labute approximate surface area is 123 Å². The Balaban J connectivity index is 3.29. The number of alkyl halides is 3. The first-order valence-corrected chi connectivity index (χ1v) is 6.70. The molecule has 0 spiro atoms.